The van der Waals surface area contributed by atoms with Crippen LogP contribution in [0.4, 0.5) is 0 Å². The minimum Gasteiger partial charge on any atom is -0.493 e. The van der Waals surface area contributed by atoms with Crippen molar-refractivity contribution in [2.75, 3.05) is 6.61 Å². The van der Waals surface area contributed by atoms with Crippen molar-refractivity contribution in [1.29, 1.82) is 0 Å². The van der Waals surface area contributed by atoms with E-state index in [2.05, 4.69) is 5.32 Å². The Balaban J connectivity index is 2.53. The fourth-order valence-electron chi connectivity index (χ4n) is 2.66. The molecule has 0 fully saturated rings. The van der Waals surface area contributed by atoms with E-state index in [1.165, 1.54) is 6.92 Å². The van der Waals surface area contributed by atoms with Crippen LogP contribution in [0.2, 0.25) is 0 Å². The fourth-order valence-corrected chi connectivity index (χ4v) is 2.66. The Bertz CT molecular complexity index is 509. The molecule has 2 atom stereocenters. The van der Waals surface area contributed by atoms with Gasteiger partial charge in [-0.3, -0.25) is 4.79 Å². The van der Waals surface area contributed by atoms with Crippen LogP contribution in [0.15, 0.2) is 6.07 Å². The van der Waals surface area contributed by atoms with Gasteiger partial charge in [-0.15, -0.1) is 0 Å². The van der Waals surface area contributed by atoms with Gasteiger partial charge in [0.1, 0.15) is 5.75 Å². The van der Waals surface area contributed by atoms with Gasteiger partial charge in [-0.25, -0.2) is 0 Å². The lowest BCUT2D eigenvalue weighted by atomic mass is 9.90. The Morgan fingerprint density at radius 3 is 2.74 bits per heavy atom. The van der Waals surface area contributed by atoms with Gasteiger partial charge in [0, 0.05) is 18.9 Å². The van der Waals surface area contributed by atoms with Crippen molar-refractivity contribution in [3.8, 4) is 5.75 Å². The zero-order valence-corrected chi connectivity index (χ0v) is 11.9. The molecule has 0 saturated heterocycles. The first-order chi connectivity index (χ1) is 8.91. The van der Waals surface area contributed by atoms with Gasteiger partial charge in [-0.05, 0) is 43.5 Å². The third kappa shape index (κ3) is 2.59. The summed E-state index contributed by atoms with van der Waals surface area (Å²) in [4.78, 5) is 11.3. The van der Waals surface area contributed by atoms with Crippen LogP contribution in [0.5, 0.6) is 5.75 Å². The van der Waals surface area contributed by atoms with Crippen molar-refractivity contribution in [3.05, 3.63) is 28.3 Å². The Labute approximate surface area is 113 Å². The highest BCUT2D eigenvalue weighted by atomic mass is 16.5. The van der Waals surface area contributed by atoms with Crippen LogP contribution in [0.25, 0.3) is 0 Å². The van der Waals surface area contributed by atoms with Gasteiger partial charge in [0.05, 0.1) is 18.8 Å². The number of amides is 1. The van der Waals surface area contributed by atoms with Gasteiger partial charge in [0.2, 0.25) is 5.91 Å². The van der Waals surface area contributed by atoms with E-state index in [0.717, 1.165) is 34.4 Å². The Hall–Kier alpha value is -1.55. The van der Waals surface area contributed by atoms with Crippen molar-refractivity contribution < 1.29 is 14.6 Å². The molecule has 1 aromatic carbocycles. The first-order valence-corrected chi connectivity index (χ1v) is 6.63. The Morgan fingerprint density at radius 1 is 1.47 bits per heavy atom. The molecule has 0 saturated carbocycles. The number of carbonyl (C=O) groups excluding carboxylic acids is 1. The number of hydrogen-bond donors (Lipinski definition) is 2. The summed E-state index contributed by atoms with van der Waals surface area (Å²) >= 11 is 0. The van der Waals surface area contributed by atoms with E-state index in [1.807, 2.05) is 19.9 Å². The molecule has 1 aliphatic rings. The van der Waals surface area contributed by atoms with E-state index >= 15 is 0 Å². The molecule has 1 amide bonds. The van der Waals surface area contributed by atoms with E-state index in [1.54, 1.807) is 6.92 Å². The standard InChI is InChI=1S/C15H21NO3/c1-8-9(2)15-13(7-12(8)10(3)17)14(5-6-19-15)16-11(4)18/h7,10,14,17H,5-6H2,1-4H3,(H,16,18). The van der Waals surface area contributed by atoms with E-state index in [4.69, 9.17) is 4.74 Å². The molecule has 104 valence electrons. The van der Waals surface area contributed by atoms with Gasteiger partial charge in [0.15, 0.2) is 0 Å². The summed E-state index contributed by atoms with van der Waals surface area (Å²) in [6, 6.07) is 1.93. The number of carbonyl (C=O) groups is 1. The topological polar surface area (TPSA) is 58.6 Å². The number of aliphatic hydroxyl groups is 1. The number of aliphatic hydroxyl groups excluding tert-OH is 1. The third-order valence-electron chi connectivity index (χ3n) is 3.77. The molecule has 0 spiro atoms. The highest BCUT2D eigenvalue weighted by Crippen LogP contribution is 2.39. The second-order valence-corrected chi connectivity index (χ2v) is 5.20. The summed E-state index contributed by atoms with van der Waals surface area (Å²) in [5.74, 6) is 0.807. The molecule has 2 unspecified atom stereocenters. The molecule has 0 bridgehead atoms. The quantitative estimate of drug-likeness (QED) is 0.861. The number of hydrogen-bond acceptors (Lipinski definition) is 3. The van der Waals surface area contributed by atoms with Crippen LogP contribution in [0.1, 0.15) is 54.7 Å². The van der Waals surface area contributed by atoms with Crippen molar-refractivity contribution in [2.24, 2.45) is 0 Å². The van der Waals surface area contributed by atoms with E-state index in [0.29, 0.717) is 6.61 Å². The number of fused-ring (bicyclic) bond motifs is 1. The normalized spacial score (nSPS) is 19.3. The molecule has 1 aromatic rings. The van der Waals surface area contributed by atoms with Crippen molar-refractivity contribution in [3.63, 3.8) is 0 Å². The molecule has 0 radical (unpaired) electrons. The molecule has 19 heavy (non-hydrogen) atoms. The largest absolute Gasteiger partial charge is 0.493 e. The van der Waals surface area contributed by atoms with Crippen molar-refractivity contribution >= 4 is 5.91 Å². The molecule has 0 aromatic heterocycles. The predicted octanol–water partition coefficient (Wildman–Crippen LogP) is 2.32. The number of nitrogens with one attached hydrogen (secondary N) is 1. The summed E-state index contributed by atoms with van der Waals surface area (Å²) in [7, 11) is 0. The first-order valence-electron chi connectivity index (χ1n) is 6.63. The van der Waals surface area contributed by atoms with Crippen LogP contribution in [0.3, 0.4) is 0 Å². The maximum Gasteiger partial charge on any atom is 0.217 e. The van der Waals surface area contributed by atoms with Gasteiger partial charge in [0.25, 0.3) is 0 Å². The maximum absolute atomic E-state index is 11.3. The maximum atomic E-state index is 11.3. The molecular weight excluding hydrogens is 242 g/mol. The van der Waals surface area contributed by atoms with Gasteiger partial charge < -0.3 is 15.2 Å². The predicted molar refractivity (Wildman–Crippen MR) is 73.2 cm³/mol. The molecule has 4 heteroatoms. The van der Waals surface area contributed by atoms with Crippen LogP contribution >= 0.6 is 0 Å². The highest BCUT2D eigenvalue weighted by Gasteiger charge is 2.26. The van der Waals surface area contributed by atoms with Crippen LogP contribution in [-0.4, -0.2) is 17.6 Å². The lowest BCUT2D eigenvalue weighted by molar-refractivity contribution is -0.119. The molecule has 1 aliphatic heterocycles. The second kappa shape index (κ2) is 5.21. The lowest BCUT2D eigenvalue weighted by Gasteiger charge is -2.30. The number of rotatable bonds is 2. The number of benzene rings is 1. The lowest BCUT2D eigenvalue weighted by Crippen LogP contribution is -2.31. The average Bonchev–Trinajstić information content (AvgIpc) is 2.33. The summed E-state index contributed by atoms with van der Waals surface area (Å²) in [6.45, 7) is 7.86. The zero-order chi connectivity index (χ0) is 14.2. The van der Waals surface area contributed by atoms with Crippen LogP contribution in [0, 0.1) is 13.8 Å². The summed E-state index contributed by atoms with van der Waals surface area (Å²) < 4.78 is 5.75. The Morgan fingerprint density at radius 2 is 2.16 bits per heavy atom. The van der Waals surface area contributed by atoms with E-state index < -0.39 is 6.10 Å². The Kier molecular flexibility index (Phi) is 3.80. The molecule has 4 nitrogen and oxygen atoms in total. The van der Waals surface area contributed by atoms with Gasteiger partial charge >= 0.3 is 0 Å². The average molecular weight is 263 g/mol. The minimum atomic E-state index is -0.524. The third-order valence-corrected chi connectivity index (χ3v) is 3.77. The van der Waals surface area contributed by atoms with Gasteiger partial charge in [-0.2, -0.15) is 0 Å². The second-order valence-electron chi connectivity index (χ2n) is 5.20. The monoisotopic (exact) mass is 263 g/mol. The molecule has 2 N–H and O–H groups in total. The van der Waals surface area contributed by atoms with E-state index in [-0.39, 0.29) is 11.9 Å². The van der Waals surface area contributed by atoms with Crippen LogP contribution < -0.4 is 10.1 Å². The van der Waals surface area contributed by atoms with Crippen LogP contribution in [-0.2, 0) is 4.79 Å². The summed E-state index contributed by atoms with van der Waals surface area (Å²) in [6.07, 6.45) is 0.234. The van der Waals surface area contributed by atoms with Crippen molar-refractivity contribution in [2.45, 2.75) is 46.3 Å². The van der Waals surface area contributed by atoms with Crippen molar-refractivity contribution in [1.82, 2.24) is 5.32 Å². The SMILES string of the molecule is CC(=O)NC1CCOc2c1cc(C(C)O)c(C)c2C. The highest BCUT2D eigenvalue weighted by molar-refractivity contribution is 5.73. The molecule has 1 heterocycles. The molecule has 0 aliphatic carbocycles. The van der Waals surface area contributed by atoms with Gasteiger partial charge in [-0.1, -0.05) is 0 Å². The van der Waals surface area contributed by atoms with E-state index in [9.17, 15) is 9.90 Å². The zero-order valence-electron chi connectivity index (χ0n) is 11.9. The number of ether oxygens (including phenoxy) is 1. The molecule has 2 rings (SSSR count). The summed E-state index contributed by atoms with van der Waals surface area (Å²) in [5.41, 5.74) is 3.97. The minimum absolute atomic E-state index is 0.0296. The molecular formula is C15H21NO3. The first kappa shape index (κ1) is 13.9. The smallest absolute Gasteiger partial charge is 0.217 e. The summed E-state index contributed by atoms with van der Waals surface area (Å²) in [5, 5.41) is 12.8. The fraction of sp³-hybridized carbons (Fsp3) is 0.533.